The van der Waals surface area contributed by atoms with Crippen molar-refractivity contribution in [2.24, 2.45) is 0 Å². The average molecular weight is 390 g/mol. The maximum Gasteiger partial charge on any atom is 0.241 e. The lowest BCUT2D eigenvalue weighted by Crippen LogP contribution is -2.39. The molecule has 0 saturated heterocycles. The van der Waals surface area contributed by atoms with Gasteiger partial charge in [0.15, 0.2) is 0 Å². The van der Waals surface area contributed by atoms with Gasteiger partial charge in [0.1, 0.15) is 11.8 Å². The van der Waals surface area contributed by atoms with Crippen LogP contribution < -0.4 is 15.4 Å². The van der Waals surface area contributed by atoms with Gasteiger partial charge in [-0.1, -0.05) is 24.3 Å². The van der Waals surface area contributed by atoms with E-state index >= 15 is 0 Å². The number of pyridine rings is 2. The standard InChI is InChI=1S/C23H26N4O2/c1-29-21-8-6-20(7-9-21)22(26-14-10-18-4-2-12-24-16-18)23(28)27-15-11-19-5-3-13-25-17-19/h2-9,12-13,16-17,22,26H,10-11,14-15H2,1H3,(H,27,28). The summed E-state index contributed by atoms with van der Waals surface area (Å²) in [5.41, 5.74) is 3.12. The van der Waals surface area contributed by atoms with Crippen molar-refractivity contribution in [2.75, 3.05) is 20.2 Å². The fourth-order valence-corrected chi connectivity index (χ4v) is 3.04. The molecule has 6 nitrogen and oxygen atoms in total. The summed E-state index contributed by atoms with van der Waals surface area (Å²) < 4.78 is 5.23. The minimum atomic E-state index is -0.438. The fraction of sp³-hybridized carbons (Fsp3) is 0.261. The van der Waals surface area contributed by atoms with Crippen LogP contribution in [0.15, 0.2) is 73.3 Å². The maximum atomic E-state index is 12.9. The molecule has 3 rings (SSSR count). The first kappa shape index (κ1) is 20.5. The molecular formula is C23H26N4O2. The largest absolute Gasteiger partial charge is 0.497 e. The molecule has 1 atom stereocenters. The van der Waals surface area contributed by atoms with Crippen LogP contribution >= 0.6 is 0 Å². The van der Waals surface area contributed by atoms with E-state index in [-0.39, 0.29) is 5.91 Å². The SMILES string of the molecule is COc1ccc(C(NCCc2cccnc2)C(=O)NCCc2cccnc2)cc1. The van der Waals surface area contributed by atoms with Crippen LogP contribution in [-0.4, -0.2) is 36.1 Å². The number of methoxy groups -OCH3 is 1. The lowest BCUT2D eigenvalue weighted by atomic mass is 10.0. The van der Waals surface area contributed by atoms with Crippen LogP contribution in [0.4, 0.5) is 0 Å². The molecule has 2 aromatic heterocycles. The molecule has 0 aliphatic rings. The predicted octanol–water partition coefficient (Wildman–Crippen LogP) is 2.72. The van der Waals surface area contributed by atoms with Gasteiger partial charge in [0, 0.05) is 37.9 Å². The first-order chi connectivity index (χ1) is 14.3. The van der Waals surface area contributed by atoms with E-state index in [0.717, 1.165) is 35.3 Å². The molecule has 1 unspecified atom stereocenters. The summed E-state index contributed by atoms with van der Waals surface area (Å²) in [6.07, 6.45) is 8.70. The Labute approximate surface area is 171 Å². The molecule has 0 fully saturated rings. The molecule has 0 radical (unpaired) electrons. The van der Waals surface area contributed by atoms with Gasteiger partial charge < -0.3 is 15.4 Å². The van der Waals surface area contributed by atoms with Crippen molar-refractivity contribution in [3.63, 3.8) is 0 Å². The van der Waals surface area contributed by atoms with Gasteiger partial charge in [-0.15, -0.1) is 0 Å². The Bertz CT molecular complexity index is 870. The van der Waals surface area contributed by atoms with E-state index in [0.29, 0.717) is 13.1 Å². The van der Waals surface area contributed by atoms with Crippen LogP contribution in [0.2, 0.25) is 0 Å². The predicted molar refractivity (Wildman–Crippen MR) is 113 cm³/mol. The van der Waals surface area contributed by atoms with Crippen LogP contribution in [0, 0.1) is 0 Å². The summed E-state index contributed by atoms with van der Waals surface area (Å²) >= 11 is 0. The minimum absolute atomic E-state index is 0.0507. The molecule has 29 heavy (non-hydrogen) atoms. The highest BCUT2D eigenvalue weighted by Gasteiger charge is 2.19. The number of ether oxygens (including phenoxy) is 1. The third kappa shape index (κ3) is 6.40. The Morgan fingerprint density at radius 2 is 1.55 bits per heavy atom. The lowest BCUT2D eigenvalue weighted by molar-refractivity contribution is -0.123. The Balaban J connectivity index is 1.61. The number of hydrogen-bond donors (Lipinski definition) is 2. The highest BCUT2D eigenvalue weighted by molar-refractivity contribution is 5.83. The number of carbonyl (C=O) groups excluding carboxylic acids is 1. The van der Waals surface area contributed by atoms with E-state index in [4.69, 9.17) is 4.74 Å². The highest BCUT2D eigenvalue weighted by atomic mass is 16.5. The monoisotopic (exact) mass is 390 g/mol. The topological polar surface area (TPSA) is 76.1 Å². The normalized spacial score (nSPS) is 11.6. The number of hydrogen-bond acceptors (Lipinski definition) is 5. The molecule has 0 aliphatic carbocycles. The molecule has 0 spiro atoms. The van der Waals surface area contributed by atoms with E-state index in [9.17, 15) is 4.79 Å². The summed E-state index contributed by atoms with van der Waals surface area (Å²) in [5.74, 6) is 0.713. The summed E-state index contributed by atoms with van der Waals surface area (Å²) in [6, 6.07) is 15.0. The van der Waals surface area contributed by atoms with Gasteiger partial charge >= 0.3 is 0 Å². The van der Waals surface area contributed by atoms with Crippen molar-refractivity contribution in [1.29, 1.82) is 0 Å². The summed E-state index contributed by atoms with van der Waals surface area (Å²) in [5, 5.41) is 6.41. The first-order valence-corrected chi connectivity index (χ1v) is 9.69. The van der Waals surface area contributed by atoms with E-state index in [1.165, 1.54) is 0 Å². The zero-order chi connectivity index (χ0) is 20.3. The molecule has 150 valence electrons. The number of benzene rings is 1. The average Bonchev–Trinajstić information content (AvgIpc) is 2.78. The molecule has 2 N–H and O–H groups in total. The first-order valence-electron chi connectivity index (χ1n) is 9.69. The molecule has 1 amide bonds. The van der Waals surface area contributed by atoms with Gasteiger partial charge in [0.05, 0.1) is 7.11 Å². The molecule has 0 bridgehead atoms. The highest BCUT2D eigenvalue weighted by Crippen LogP contribution is 2.18. The zero-order valence-corrected chi connectivity index (χ0v) is 16.5. The number of nitrogens with one attached hydrogen (secondary N) is 2. The Morgan fingerprint density at radius 3 is 2.10 bits per heavy atom. The second-order valence-electron chi connectivity index (χ2n) is 6.67. The van der Waals surface area contributed by atoms with Crippen LogP contribution in [0.1, 0.15) is 22.7 Å². The number of amides is 1. The third-order valence-corrected chi connectivity index (χ3v) is 4.63. The van der Waals surface area contributed by atoms with E-state index in [1.807, 2.05) is 60.9 Å². The van der Waals surface area contributed by atoms with Crippen molar-refractivity contribution in [1.82, 2.24) is 20.6 Å². The van der Waals surface area contributed by atoms with Gasteiger partial charge in [0.2, 0.25) is 5.91 Å². The summed E-state index contributed by atoms with van der Waals surface area (Å²) in [7, 11) is 1.63. The van der Waals surface area contributed by atoms with Crippen LogP contribution in [0.5, 0.6) is 5.75 Å². The van der Waals surface area contributed by atoms with E-state index in [1.54, 1.807) is 19.5 Å². The summed E-state index contributed by atoms with van der Waals surface area (Å²) in [6.45, 7) is 1.22. The third-order valence-electron chi connectivity index (χ3n) is 4.63. The molecule has 6 heteroatoms. The van der Waals surface area contributed by atoms with Crippen molar-refractivity contribution in [3.05, 3.63) is 90.0 Å². The molecule has 3 aromatic rings. The van der Waals surface area contributed by atoms with Crippen molar-refractivity contribution in [3.8, 4) is 5.75 Å². The summed E-state index contributed by atoms with van der Waals surface area (Å²) in [4.78, 5) is 21.1. The van der Waals surface area contributed by atoms with E-state index < -0.39 is 6.04 Å². The zero-order valence-electron chi connectivity index (χ0n) is 16.5. The number of carbonyl (C=O) groups is 1. The Morgan fingerprint density at radius 1 is 0.931 bits per heavy atom. The Kier molecular flexibility index (Phi) is 7.72. The smallest absolute Gasteiger partial charge is 0.241 e. The molecule has 0 aliphatic heterocycles. The van der Waals surface area contributed by atoms with Crippen molar-refractivity contribution in [2.45, 2.75) is 18.9 Å². The van der Waals surface area contributed by atoms with Crippen LogP contribution in [0.3, 0.4) is 0 Å². The molecular weight excluding hydrogens is 364 g/mol. The number of nitrogens with zero attached hydrogens (tertiary/aromatic N) is 2. The quantitative estimate of drug-likeness (QED) is 0.557. The number of aromatic nitrogens is 2. The van der Waals surface area contributed by atoms with Crippen LogP contribution in [0.25, 0.3) is 0 Å². The van der Waals surface area contributed by atoms with Crippen molar-refractivity contribution < 1.29 is 9.53 Å². The van der Waals surface area contributed by atoms with Crippen molar-refractivity contribution >= 4 is 5.91 Å². The number of rotatable bonds is 10. The molecule has 1 aromatic carbocycles. The Hall–Kier alpha value is -3.25. The second kappa shape index (κ2) is 10.9. The van der Waals surface area contributed by atoms with Crippen LogP contribution in [-0.2, 0) is 17.6 Å². The minimum Gasteiger partial charge on any atom is -0.497 e. The molecule has 0 saturated carbocycles. The maximum absolute atomic E-state index is 12.9. The fourth-order valence-electron chi connectivity index (χ4n) is 3.04. The van der Waals surface area contributed by atoms with Gasteiger partial charge in [-0.05, 0) is 53.8 Å². The van der Waals surface area contributed by atoms with E-state index in [2.05, 4.69) is 20.6 Å². The lowest BCUT2D eigenvalue weighted by Gasteiger charge is -2.19. The van der Waals surface area contributed by atoms with Gasteiger partial charge in [-0.3, -0.25) is 14.8 Å². The molecule has 2 heterocycles. The van der Waals surface area contributed by atoms with Gasteiger partial charge in [0.25, 0.3) is 0 Å². The second-order valence-corrected chi connectivity index (χ2v) is 6.67. The van der Waals surface area contributed by atoms with Gasteiger partial charge in [-0.25, -0.2) is 0 Å². The van der Waals surface area contributed by atoms with Gasteiger partial charge in [-0.2, -0.15) is 0 Å².